The number of hydrogen-bond acceptors (Lipinski definition) is 5. The van der Waals surface area contributed by atoms with Gasteiger partial charge in [-0.1, -0.05) is 31.4 Å². The van der Waals surface area contributed by atoms with Gasteiger partial charge in [0.15, 0.2) is 6.10 Å². The van der Waals surface area contributed by atoms with Gasteiger partial charge >= 0.3 is 5.97 Å². The normalized spacial score (nSPS) is 21.2. The van der Waals surface area contributed by atoms with Gasteiger partial charge in [0.05, 0.1) is 4.92 Å². The Balaban J connectivity index is 2.03. The van der Waals surface area contributed by atoms with E-state index in [1.165, 1.54) is 13.0 Å². The SMILES string of the molecule is C[C@@H]1CCCC[C@H]1NC(=O)[C@@H](C)OC(=O)c1cc(Cl)ccc1[N+](=O)[O-]. The van der Waals surface area contributed by atoms with Crippen LogP contribution in [0.15, 0.2) is 18.2 Å². The first-order chi connectivity index (χ1) is 11.8. The minimum atomic E-state index is -1.06. The van der Waals surface area contributed by atoms with Crippen LogP contribution in [0.3, 0.4) is 0 Å². The quantitative estimate of drug-likeness (QED) is 0.487. The number of benzene rings is 1. The zero-order valence-corrected chi connectivity index (χ0v) is 14.9. The van der Waals surface area contributed by atoms with E-state index in [2.05, 4.69) is 12.2 Å². The Morgan fingerprint density at radius 3 is 2.68 bits per heavy atom. The van der Waals surface area contributed by atoms with E-state index in [1.807, 2.05) is 0 Å². The van der Waals surface area contributed by atoms with Crippen molar-refractivity contribution in [1.29, 1.82) is 0 Å². The fraction of sp³-hybridized carbons (Fsp3) is 0.529. The number of rotatable bonds is 5. The third-order valence-electron chi connectivity index (χ3n) is 4.47. The summed E-state index contributed by atoms with van der Waals surface area (Å²) >= 11 is 5.80. The third kappa shape index (κ3) is 4.92. The highest BCUT2D eigenvalue weighted by molar-refractivity contribution is 6.31. The number of amides is 1. The van der Waals surface area contributed by atoms with Crippen molar-refractivity contribution < 1.29 is 19.2 Å². The molecule has 1 saturated carbocycles. The van der Waals surface area contributed by atoms with Crippen molar-refractivity contribution >= 4 is 29.2 Å². The average Bonchev–Trinajstić information content (AvgIpc) is 2.56. The van der Waals surface area contributed by atoms with E-state index in [9.17, 15) is 19.7 Å². The molecule has 25 heavy (non-hydrogen) atoms. The lowest BCUT2D eigenvalue weighted by Crippen LogP contribution is -2.46. The molecular formula is C17H21ClN2O5. The maximum atomic E-state index is 12.3. The summed E-state index contributed by atoms with van der Waals surface area (Å²) in [6.07, 6.45) is 3.09. The van der Waals surface area contributed by atoms with Gasteiger partial charge in [0.2, 0.25) is 0 Å². The monoisotopic (exact) mass is 368 g/mol. The topological polar surface area (TPSA) is 98.5 Å². The van der Waals surface area contributed by atoms with Gasteiger partial charge < -0.3 is 10.1 Å². The number of halogens is 1. The van der Waals surface area contributed by atoms with Gasteiger partial charge in [0.1, 0.15) is 5.56 Å². The van der Waals surface area contributed by atoms with Crippen LogP contribution in [-0.4, -0.2) is 28.9 Å². The lowest BCUT2D eigenvalue weighted by molar-refractivity contribution is -0.385. The van der Waals surface area contributed by atoms with Crippen LogP contribution in [-0.2, 0) is 9.53 Å². The Morgan fingerprint density at radius 2 is 2.04 bits per heavy atom. The molecule has 1 N–H and O–H groups in total. The molecule has 0 heterocycles. The number of nitro groups is 1. The first-order valence-corrected chi connectivity index (χ1v) is 8.62. The molecule has 3 atom stereocenters. The fourth-order valence-electron chi connectivity index (χ4n) is 2.94. The molecule has 0 saturated heterocycles. The van der Waals surface area contributed by atoms with Crippen LogP contribution < -0.4 is 5.32 Å². The molecule has 1 aliphatic rings. The summed E-state index contributed by atoms with van der Waals surface area (Å²) in [5, 5.41) is 14.1. The molecule has 0 aromatic heterocycles. The summed E-state index contributed by atoms with van der Waals surface area (Å²) in [6, 6.07) is 3.67. The highest BCUT2D eigenvalue weighted by Gasteiger charge is 2.28. The second kappa shape index (κ2) is 8.29. The number of nitrogens with zero attached hydrogens (tertiary/aromatic N) is 1. The number of carbonyl (C=O) groups excluding carboxylic acids is 2. The zero-order chi connectivity index (χ0) is 18.6. The van der Waals surface area contributed by atoms with E-state index in [0.717, 1.165) is 37.8 Å². The van der Waals surface area contributed by atoms with Crippen LogP contribution in [0.25, 0.3) is 0 Å². The van der Waals surface area contributed by atoms with E-state index in [4.69, 9.17) is 16.3 Å². The van der Waals surface area contributed by atoms with Crippen LogP contribution in [0.2, 0.25) is 5.02 Å². The lowest BCUT2D eigenvalue weighted by atomic mass is 9.86. The number of ether oxygens (including phenoxy) is 1. The minimum Gasteiger partial charge on any atom is -0.449 e. The van der Waals surface area contributed by atoms with Crippen LogP contribution in [0, 0.1) is 16.0 Å². The van der Waals surface area contributed by atoms with Gasteiger partial charge in [0.25, 0.3) is 11.6 Å². The van der Waals surface area contributed by atoms with Gasteiger partial charge in [0, 0.05) is 17.1 Å². The summed E-state index contributed by atoms with van der Waals surface area (Å²) in [7, 11) is 0. The molecule has 1 fully saturated rings. The lowest BCUT2D eigenvalue weighted by Gasteiger charge is -2.30. The Kier molecular flexibility index (Phi) is 6.36. The number of carbonyl (C=O) groups is 2. The molecule has 1 aromatic carbocycles. The van der Waals surface area contributed by atoms with Gasteiger partial charge in [-0.3, -0.25) is 14.9 Å². The van der Waals surface area contributed by atoms with Crippen LogP contribution >= 0.6 is 11.6 Å². The van der Waals surface area contributed by atoms with E-state index in [0.29, 0.717) is 5.92 Å². The second-order valence-electron chi connectivity index (χ2n) is 6.34. The third-order valence-corrected chi connectivity index (χ3v) is 4.70. The molecule has 8 heteroatoms. The highest BCUT2D eigenvalue weighted by atomic mass is 35.5. The van der Waals surface area contributed by atoms with E-state index in [1.54, 1.807) is 0 Å². The van der Waals surface area contributed by atoms with Crippen molar-refractivity contribution in [2.45, 2.75) is 51.7 Å². The Labute approximate surface area is 150 Å². The minimum absolute atomic E-state index is 0.0582. The molecular weight excluding hydrogens is 348 g/mol. The molecule has 7 nitrogen and oxygen atoms in total. The molecule has 0 bridgehead atoms. The Morgan fingerprint density at radius 1 is 1.36 bits per heavy atom. The summed E-state index contributed by atoms with van der Waals surface area (Å²) in [5.41, 5.74) is -0.689. The van der Waals surface area contributed by atoms with E-state index in [-0.39, 0.29) is 16.6 Å². The predicted octanol–water partition coefficient (Wildman–Crippen LogP) is 3.49. The number of hydrogen-bond donors (Lipinski definition) is 1. The fourth-order valence-corrected chi connectivity index (χ4v) is 3.11. The smallest absolute Gasteiger partial charge is 0.345 e. The largest absolute Gasteiger partial charge is 0.449 e. The van der Waals surface area contributed by atoms with Gasteiger partial charge in [-0.2, -0.15) is 0 Å². The van der Waals surface area contributed by atoms with E-state index >= 15 is 0 Å². The molecule has 0 aliphatic heterocycles. The van der Waals surface area contributed by atoms with Crippen LogP contribution in [0.1, 0.15) is 49.9 Å². The van der Waals surface area contributed by atoms with Gasteiger partial charge in [-0.25, -0.2) is 4.79 Å². The number of nitro benzene ring substituents is 1. The van der Waals surface area contributed by atoms with Gasteiger partial charge in [-0.05, 0) is 37.8 Å². The predicted molar refractivity (Wildman–Crippen MR) is 92.5 cm³/mol. The highest BCUT2D eigenvalue weighted by Crippen LogP contribution is 2.25. The standard InChI is InChI=1S/C17H21ClN2O5/c1-10-5-3-4-6-14(10)19-16(21)11(2)25-17(22)13-9-12(18)7-8-15(13)20(23)24/h7-11,14H,3-6H2,1-2H3,(H,19,21)/t10-,11-,14-/m1/s1. The maximum absolute atomic E-state index is 12.3. The first kappa shape index (κ1) is 19.2. The number of nitrogens with one attached hydrogen (secondary N) is 1. The molecule has 1 amide bonds. The molecule has 2 rings (SSSR count). The van der Waals surface area contributed by atoms with Crippen molar-refractivity contribution in [3.63, 3.8) is 0 Å². The molecule has 1 aromatic rings. The molecule has 136 valence electrons. The van der Waals surface area contributed by atoms with Crippen molar-refractivity contribution in [3.8, 4) is 0 Å². The van der Waals surface area contributed by atoms with Crippen LogP contribution in [0.5, 0.6) is 0 Å². The first-order valence-electron chi connectivity index (χ1n) is 8.25. The molecule has 0 spiro atoms. The van der Waals surface area contributed by atoms with Gasteiger partial charge in [-0.15, -0.1) is 0 Å². The second-order valence-corrected chi connectivity index (χ2v) is 6.78. The summed E-state index contributed by atoms with van der Waals surface area (Å²) in [4.78, 5) is 34.8. The van der Waals surface area contributed by atoms with Crippen molar-refractivity contribution in [1.82, 2.24) is 5.32 Å². The summed E-state index contributed by atoms with van der Waals surface area (Å²) in [6.45, 7) is 3.52. The number of esters is 1. The molecule has 1 aliphatic carbocycles. The van der Waals surface area contributed by atoms with Crippen molar-refractivity contribution in [2.24, 2.45) is 5.92 Å². The van der Waals surface area contributed by atoms with E-state index < -0.39 is 28.6 Å². The average molecular weight is 369 g/mol. The molecule has 0 unspecified atom stereocenters. The van der Waals surface area contributed by atoms with Crippen molar-refractivity contribution in [3.05, 3.63) is 38.9 Å². The van der Waals surface area contributed by atoms with Crippen LogP contribution in [0.4, 0.5) is 5.69 Å². The maximum Gasteiger partial charge on any atom is 0.345 e. The summed E-state index contributed by atoms with van der Waals surface area (Å²) in [5.74, 6) is -0.986. The Bertz CT molecular complexity index is 679. The summed E-state index contributed by atoms with van der Waals surface area (Å²) < 4.78 is 5.11. The zero-order valence-electron chi connectivity index (χ0n) is 14.2. The molecule has 0 radical (unpaired) electrons. The Hall–Kier alpha value is -2.15. The van der Waals surface area contributed by atoms with Crippen molar-refractivity contribution in [2.75, 3.05) is 0 Å².